The third-order valence-corrected chi connectivity index (χ3v) is 2.15. The lowest BCUT2D eigenvalue weighted by Gasteiger charge is -2.13. The second kappa shape index (κ2) is 10.2. The largest absolute Gasteiger partial charge is 0.481 e. The van der Waals surface area contributed by atoms with E-state index in [-0.39, 0.29) is 12.8 Å². The molecule has 0 aliphatic heterocycles. The maximum absolute atomic E-state index is 9.97. The first-order chi connectivity index (χ1) is 8.69. The fourth-order valence-electron chi connectivity index (χ4n) is 0.718. The number of aliphatic hydroxyl groups is 2. The maximum atomic E-state index is 9.97. The molecule has 0 amide bonds. The molecule has 4 N–H and O–H groups in total. The normalized spacial score (nSPS) is 10.3. The van der Waals surface area contributed by atoms with Crippen LogP contribution in [0.25, 0.3) is 0 Å². The first-order valence-corrected chi connectivity index (χ1v) is 5.49. The molecular weight excluding hydrogens is 262 g/mol. The lowest BCUT2D eigenvalue weighted by Crippen LogP contribution is -2.42. The quantitative estimate of drug-likeness (QED) is 0.268. The fourth-order valence-corrected chi connectivity index (χ4v) is 0.718. The van der Waals surface area contributed by atoms with Gasteiger partial charge in [0.2, 0.25) is 0 Å². The second-order valence-corrected chi connectivity index (χ2v) is 4.06. The summed E-state index contributed by atoms with van der Waals surface area (Å²) in [6.45, 7) is -0.111. The zero-order valence-corrected chi connectivity index (χ0v) is 10.6. The van der Waals surface area contributed by atoms with Crippen LogP contribution in [-0.2, 0) is 9.59 Å². The van der Waals surface area contributed by atoms with Gasteiger partial charge in [-0.15, -0.1) is 0 Å². The Kier molecular flexibility index (Phi) is 10.5. The van der Waals surface area contributed by atoms with Crippen molar-refractivity contribution >= 4 is 11.9 Å². The van der Waals surface area contributed by atoms with Crippen LogP contribution in [0.4, 0.5) is 0 Å². The topological polar surface area (TPSA) is 158 Å². The van der Waals surface area contributed by atoms with E-state index in [4.69, 9.17) is 20.4 Å². The summed E-state index contributed by atoms with van der Waals surface area (Å²) in [4.78, 5) is 29.1. The molecule has 0 spiro atoms. The first-order valence-electron chi connectivity index (χ1n) is 5.49. The lowest BCUT2D eigenvalue weighted by molar-refractivity contribution is -0.572. The molecule has 112 valence electrons. The van der Waals surface area contributed by atoms with E-state index in [2.05, 4.69) is 0 Å². The molecule has 0 radical (unpaired) electrons. The molecule has 9 heteroatoms. The summed E-state index contributed by atoms with van der Waals surface area (Å²) >= 11 is 0. The summed E-state index contributed by atoms with van der Waals surface area (Å²) < 4.78 is 0. The van der Waals surface area contributed by atoms with Crippen LogP contribution in [0.5, 0.6) is 0 Å². The Morgan fingerprint density at radius 2 is 1.37 bits per heavy atom. The van der Waals surface area contributed by atoms with Gasteiger partial charge in [0.05, 0.1) is 0 Å². The van der Waals surface area contributed by atoms with E-state index in [1.165, 1.54) is 6.92 Å². The molecule has 0 heterocycles. The number of rotatable bonds is 8. The summed E-state index contributed by atoms with van der Waals surface area (Å²) in [5.74, 6) is -1.74. The van der Waals surface area contributed by atoms with Gasteiger partial charge in [-0.05, 0) is 12.8 Å². The Bertz CT molecular complexity index is 284. The van der Waals surface area contributed by atoms with Gasteiger partial charge in [0, 0.05) is 24.7 Å². The van der Waals surface area contributed by atoms with Crippen molar-refractivity contribution in [1.82, 2.24) is 0 Å². The van der Waals surface area contributed by atoms with Crippen LogP contribution in [-0.4, -0.2) is 56.0 Å². The number of hydrogen-bond acceptors (Lipinski definition) is 6. The van der Waals surface area contributed by atoms with Crippen molar-refractivity contribution in [2.24, 2.45) is 0 Å². The van der Waals surface area contributed by atoms with Gasteiger partial charge in [-0.1, -0.05) is 0 Å². The Morgan fingerprint density at radius 1 is 1.05 bits per heavy atom. The maximum Gasteiger partial charge on any atom is 0.303 e. The van der Waals surface area contributed by atoms with E-state index in [1.807, 2.05) is 0 Å². The van der Waals surface area contributed by atoms with Crippen LogP contribution < -0.4 is 0 Å². The van der Waals surface area contributed by atoms with Gasteiger partial charge < -0.3 is 20.4 Å². The van der Waals surface area contributed by atoms with E-state index in [9.17, 15) is 19.7 Å². The van der Waals surface area contributed by atoms with Crippen molar-refractivity contribution in [1.29, 1.82) is 0 Å². The minimum atomic E-state index is -1.58. The molecule has 0 unspecified atom stereocenters. The SMILES string of the molecule is CC(CO)(CO)[N+](=O)[O-].O=C(O)CCCCC(=O)O. The number of nitro groups is 1. The van der Waals surface area contributed by atoms with Gasteiger partial charge in [-0.3, -0.25) is 19.7 Å². The average Bonchev–Trinajstić information content (AvgIpc) is 2.33. The van der Waals surface area contributed by atoms with Crippen LogP contribution >= 0.6 is 0 Å². The Morgan fingerprint density at radius 3 is 1.47 bits per heavy atom. The number of carboxylic acid groups (broad SMARTS) is 2. The molecular formula is C10H19NO8. The molecule has 0 fully saturated rings. The number of aliphatic carboxylic acids is 2. The van der Waals surface area contributed by atoms with E-state index in [0.29, 0.717) is 12.8 Å². The molecule has 0 atom stereocenters. The number of unbranched alkanes of at least 4 members (excludes halogenated alkanes) is 1. The molecule has 0 aromatic heterocycles. The van der Waals surface area contributed by atoms with Crippen LogP contribution in [0.3, 0.4) is 0 Å². The highest BCUT2D eigenvalue weighted by molar-refractivity contribution is 5.67. The summed E-state index contributed by atoms with van der Waals surface area (Å²) in [6, 6.07) is 0. The summed E-state index contributed by atoms with van der Waals surface area (Å²) in [7, 11) is 0. The lowest BCUT2D eigenvalue weighted by atomic mass is 10.1. The Labute approximate surface area is 109 Å². The van der Waals surface area contributed by atoms with Gasteiger partial charge in [-0.25, -0.2) is 0 Å². The third kappa shape index (κ3) is 11.1. The highest BCUT2D eigenvalue weighted by Gasteiger charge is 2.35. The van der Waals surface area contributed by atoms with Gasteiger partial charge in [0.25, 0.3) is 5.54 Å². The van der Waals surface area contributed by atoms with Crippen molar-refractivity contribution in [3.8, 4) is 0 Å². The van der Waals surface area contributed by atoms with Crippen molar-refractivity contribution in [3.05, 3.63) is 10.1 Å². The molecule has 0 aromatic rings. The smallest absolute Gasteiger partial charge is 0.303 e. The molecule has 0 saturated carbocycles. The molecule has 9 nitrogen and oxygen atoms in total. The Hall–Kier alpha value is -1.74. The van der Waals surface area contributed by atoms with Crippen LogP contribution in [0.2, 0.25) is 0 Å². The van der Waals surface area contributed by atoms with Crippen LogP contribution in [0, 0.1) is 10.1 Å². The zero-order valence-electron chi connectivity index (χ0n) is 10.6. The van der Waals surface area contributed by atoms with E-state index in [0.717, 1.165) is 0 Å². The molecule has 19 heavy (non-hydrogen) atoms. The van der Waals surface area contributed by atoms with Gasteiger partial charge in [0.1, 0.15) is 13.2 Å². The van der Waals surface area contributed by atoms with E-state index in [1.54, 1.807) is 0 Å². The van der Waals surface area contributed by atoms with Crippen molar-refractivity contribution in [3.63, 3.8) is 0 Å². The standard InChI is InChI=1S/C6H10O4.C4H9NO4/c7-5(8)3-1-2-4-6(9)10;1-4(2-6,3-7)5(8)9/h1-4H2,(H,7,8)(H,9,10);6-7H,2-3H2,1H3. The second-order valence-electron chi connectivity index (χ2n) is 4.06. The minimum Gasteiger partial charge on any atom is -0.481 e. The van der Waals surface area contributed by atoms with Crippen LogP contribution in [0.1, 0.15) is 32.6 Å². The molecule has 0 aliphatic rings. The monoisotopic (exact) mass is 281 g/mol. The van der Waals surface area contributed by atoms with Crippen molar-refractivity contribution in [2.75, 3.05) is 13.2 Å². The summed E-state index contributed by atoms with van der Waals surface area (Å²) in [5, 5.41) is 42.9. The van der Waals surface area contributed by atoms with Gasteiger partial charge in [0.15, 0.2) is 0 Å². The molecule has 0 aliphatic carbocycles. The van der Waals surface area contributed by atoms with Gasteiger partial charge >= 0.3 is 11.9 Å². The van der Waals surface area contributed by atoms with Gasteiger partial charge in [-0.2, -0.15) is 0 Å². The van der Waals surface area contributed by atoms with E-state index < -0.39 is 35.6 Å². The Balaban J connectivity index is 0. The highest BCUT2D eigenvalue weighted by atomic mass is 16.6. The number of carbonyl (C=O) groups is 2. The predicted molar refractivity (Wildman–Crippen MR) is 63.3 cm³/mol. The molecule has 0 rings (SSSR count). The van der Waals surface area contributed by atoms with E-state index >= 15 is 0 Å². The summed E-state index contributed by atoms with van der Waals surface area (Å²) in [5.41, 5.74) is -1.58. The number of carboxylic acids is 2. The van der Waals surface area contributed by atoms with Crippen molar-refractivity contribution in [2.45, 2.75) is 38.1 Å². The predicted octanol–water partition coefficient (Wildman–Crippen LogP) is -0.278. The molecule has 0 aromatic carbocycles. The molecule has 0 bridgehead atoms. The van der Waals surface area contributed by atoms with Crippen LogP contribution in [0.15, 0.2) is 0 Å². The first kappa shape index (κ1) is 19.6. The highest BCUT2D eigenvalue weighted by Crippen LogP contribution is 2.04. The fraction of sp³-hybridized carbons (Fsp3) is 0.800. The zero-order chi connectivity index (χ0) is 15.5. The number of hydrogen-bond donors (Lipinski definition) is 4. The molecule has 0 saturated heterocycles. The summed E-state index contributed by atoms with van der Waals surface area (Å²) in [6.07, 6.45) is 1.02. The minimum absolute atomic E-state index is 0.0628. The van der Waals surface area contributed by atoms with Crippen molar-refractivity contribution < 1.29 is 34.9 Å². The number of nitrogens with zero attached hydrogens (tertiary/aromatic N) is 1. The third-order valence-electron chi connectivity index (χ3n) is 2.15. The number of aliphatic hydroxyl groups excluding tert-OH is 2. The average molecular weight is 281 g/mol.